The van der Waals surface area contributed by atoms with Crippen molar-refractivity contribution in [3.8, 4) is 11.3 Å². The number of carbonyl (C=O) groups excluding carboxylic acids is 1. The molecule has 0 spiro atoms. The van der Waals surface area contributed by atoms with Crippen LogP contribution in [0.3, 0.4) is 0 Å². The van der Waals surface area contributed by atoms with Crippen molar-refractivity contribution >= 4 is 46.2 Å². The van der Waals surface area contributed by atoms with Crippen LogP contribution in [-0.2, 0) is 4.79 Å². The van der Waals surface area contributed by atoms with E-state index in [4.69, 9.17) is 16.0 Å². The number of halogens is 1. The van der Waals surface area contributed by atoms with Gasteiger partial charge in [-0.05, 0) is 66.7 Å². The Bertz CT molecular complexity index is 1070. The Balaban J connectivity index is 1.61. The molecule has 0 saturated carbocycles. The highest BCUT2D eigenvalue weighted by Crippen LogP contribution is 2.35. The second-order valence-electron chi connectivity index (χ2n) is 6.51. The van der Waals surface area contributed by atoms with Crippen LogP contribution in [0.25, 0.3) is 17.4 Å². The van der Waals surface area contributed by atoms with Crippen molar-refractivity contribution in [3.63, 3.8) is 0 Å². The van der Waals surface area contributed by atoms with Gasteiger partial charge in [-0.15, -0.1) is 0 Å². The molecule has 0 atom stereocenters. The van der Waals surface area contributed by atoms with Gasteiger partial charge < -0.3 is 4.42 Å². The summed E-state index contributed by atoms with van der Waals surface area (Å²) in [5, 5.41) is 1.37. The number of nitrogens with zero attached hydrogens (tertiary/aromatic N) is 2. The van der Waals surface area contributed by atoms with Crippen LogP contribution < -0.4 is 0 Å². The van der Waals surface area contributed by atoms with Crippen LogP contribution in [0.4, 0.5) is 5.69 Å². The smallest absolute Gasteiger partial charge is 0.266 e. The van der Waals surface area contributed by atoms with Crippen LogP contribution >= 0.6 is 23.4 Å². The van der Waals surface area contributed by atoms with Crippen LogP contribution in [0.5, 0.6) is 0 Å². The van der Waals surface area contributed by atoms with Gasteiger partial charge in [-0.1, -0.05) is 36.7 Å². The van der Waals surface area contributed by atoms with Crippen LogP contribution in [0.15, 0.2) is 81.0 Å². The molecule has 4 nitrogen and oxygen atoms in total. The van der Waals surface area contributed by atoms with Gasteiger partial charge in [-0.3, -0.25) is 9.69 Å². The van der Waals surface area contributed by atoms with Gasteiger partial charge in [0.1, 0.15) is 11.5 Å². The molecule has 1 aromatic heterocycles. The van der Waals surface area contributed by atoms with E-state index in [1.54, 1.807) is 11.0 Å². The number of benzene rings is 2. The summed E-state index contributed by atoms with van der Waals surface area (Å²) in [5.74, 6) is 1.31. The number of hydrogen-bond donors (Lipinski definition) is 0. The normalized spacial score (nSPS) is 16.9. The number of rotatable bonds is 5. The number of furan rings is 1. The molecule has 0 N–H and O–H groups in total. The van der Waals surface area contributed by atoms with E-state index >= 15 is 0 Å². The summed E-state index contributed by atoms with van der Waals surface area (Å²) >= 11 is 7.32. The predicted octanol–water partition coefficient (Wildman–Crippen LogP) is 6.61. The summed E-state index contributed by atoms with van der Waals surface area (Å²) in [5.41, 5.74) is 1.76. The van der Waals surface area contributed by atoms with Crippen LogP contribution in [0, 0.1) is 0 Å². The third-order valence-electron chi connectivity index (χ3n) is 4.35. The van der Waals surface area contributed by atoms with Gasteiger partial charge in [0.25, 0.3) is 5.91 Å². The minimum Gasteiger partial charge on any atom is -0.457 e. The maximum atomic E-state index is 12.9. The molecular formula is C23H19ClN2O2S. The first-order valence-corrected chi connectivity index (χ1v) is 10.5. The zero-order valence-electron chi connectivity index (χ0n) is 15.8. The zero-order chi connectivity index (χ0) is 20.2. The molecular weight excluding hydrogens is 404 g/mol. The summed E-state index contributed by atoms with van der Waals surface area (Å²) in [7, 11) is 0. The highest BCUT2D eigenvalue weighted by molar-refractivity contribution is 8.18. The van der Waals surface area contributed by atoms with E-state index in [-0.39, 0.29) is 5.91 Å². The lowest BCUT2D eigenvalue weighted by molar-refractivity contribution is -0.122. The number of carbonyl (C=O) groups is 1. The second-order valence-corrected chi connectivity index (χ2v) is 7.95. The Morgan fingerprint density at radius 2 is 1.83 bits per heavy atom. The number of para-hydroxylation sites is 1. The van der Waals surface area contributed by atoms with E-state index in [0.717, 1.165) is 23.4 Å². The first-order chi connectivity index (χ1) is 14.1. The molecule has 0 bridgehead atoms. The summed E-state index contributed by atoms with van der Waals surface area (Å²) < 4.78 is 5.93. The molecule has 2 heterocycles. The Kier molecular flexibility index (Phi) is 5.88. The lowest BCUT2D eigenvalue weighted by Crippen LogP contribution is -2.29. The lowest BCUT2D eigenvalue weighted by atomic mass is 10.2. The Labute approximate surface area is 178 Å². The Hall–Kier alpha value is -2.76. The number of amidine groups is 1. The van der Waals surface area contributed by atoms with Crippen molar-refractivity contribution in [2.45, 2.75) is 13.3 Å². The lowest BCUT2D eigenvalue weighted by Gasteiger charge is -2.13. The SMILES string of the molecule is CCCN1C(=O)/C(=C\c2ccc(-c3ccc(Cl)cc3)o2)SC1=Nc1ccccc1. The van der Waals surface area contributed by atoms with Gasteiger partial charge in [0.05, 0.1) is 10.6 Å². The minimum atomic E-state index is -0.0454. The van der Waals surface area contributed by atoms with Gasteiger partial charge in [0.2, 0.25) is 0 Å². The van der Waals surface area contributed by atoms with Crippen molar-refractivity contribution in [2.75, 3.05) is 6.54 Å². The van der Waals surface area contributed by atoms with E-state index < -0.39 is 0 Å². The van der Waals surface area contributed by atoms with Crippen molar-refractivity contribution in [1.29, 1.82) is 0 Å². The first-order valence-electron chi connectivity index (χ1n) is 9.35. The molecule has 0 aliphatic carbocycles. The molecule has 1 aliphatic rings. The molecule has 3 aromatic rings. The Morgan fingerprint density at radius 1 is 1.07 bits per heavy atom. The van der Waals surface area contributed by atoms with E-state index in [0.29, 0.717) is 27.4 Å². The van der Waals surface area contributed by atoms with Crippen LogP contribution in [0.2, 0.25) is 5.02 Å². The summed E-state index contributed by atoms with van der Waals surface area (Å²) in [6.45, 7) is 2.67. The maximum absolute atomic E-state index is 12.9. The number of thioether (sulfide) groups is 1. The molecule has 146 valence electrons. The molecule has 1 saturated heterocycles. The fourth-order valence-electron chi connectivity index (χ4n) is 2.95. The quantitative estimate of drug-likeness (QED) is 0.434. The predicted molar refractivity (Wildman–Crippen MR) is 120 cm³/mol. The first kappa shape index (κ1) is 19.6. The molecule has 1 aliphatic heterocycles. The topological polar surface area (TPSA) is 45.8 Å². The van der Waals surface area contributed by atoms with Crippen LogP contribution in [-0.4, -0.2) is 22.5 Å². The fourth-order valence-corrected chi connectivity index (χ4v) is 4.08. The molecule has 2 aromatic carbocycles. The van der Waals surface area contributed by atoms with Gasteiger partial charge in [-0.25, -0.2) is 4.99 Å². The molecule has 4 rings (SSSR count). The largest absolute Gasteiger partial charge is 0.457 e. The molecule has 1 amide bonds. The standard InChI is InChI=1S/C23H19ClN2O2S/c1-2-14-26-22(27)21(29-23(26)25-18-6-4-3-5-7-18)15-19-12-13-20(28-19)16-8-10-17(24)11-9-16/h3-13,15H,2,14H2,1H3/b21-15+,25-23?. The Morgan fingerprint density at radius 3 is 2.55 bits per heavy atom. The number of aliphatic imine (C=N–C) groups is 1. The van der Waals surface area contributed by atoms with Crippen molar-refractivity contribution in [3.05, 3.63) is 82.4 Å². The molecule has 0 unspecified atom stereocenters. The van der Waals surface area contributed by atoms with E-state index in [2.05, 4.69) is 4.99 Å². The van der Waals surface area contributed by atoms with Gasteiger partial charge in [0.15, 0.2) is 5.17 Å². The molecule has 6 heteroatoms. The minimum absolute atomic E-state index is 0.0454. The number of amides is 1. The molecule has 0 radical (unpaired) electrons. The highest BCUT2D eigenvalue weighted by atomic mass is 35.5. The maximum Gasteiger partial charge on any atom is 0.266 e. The summed E-state index contributed by atoms with van der Waals surface area (Å²) in [6.07, 6.45) is 2.64. The average molecular weight is 423 g/mol. The van der Waals surface area contributed by atoms with E-state index in [1.165, 1.54) is 11.8 Å². The second kappa shape index (κ2) is 8.72. The molecule has 1 fully saturated rings. The zero-order valence-corrected chi connectivity index (χ0v) is 17.4. The fraction of sp³-hybridized carbons (Fsp3) is 0.130. The van der Waals surface area contributed by atoms with Gasteiger partial charge in [-0.2, -0.15) is 0 Å². The summed E-state index contributed by atoms with van der Waals surface area (Å²) in [4.78, 5) is 19.9. The van der Waals surface area contributed by atoms with Crippen molar-refractivity contribution in [2.24, 2.45) is 4.99 Å². The van der Waals surface area contributed by atoms with Gasteiger partial charge in [0, 0.05) is 23.2 Å². The third-order valence-corrected chi connectivity index (χ3v) is 5.60. The van der Waals surface area contributed by atoms with Crippen molar-refractivity contribution < 1.29 is 9.21 Å². The summed E-state index contributed by atoms with van der Waals surface area (Å²) in [6, 6.07) is 20.9. The highest BCUT2D eigenvalue weighted by Gasteiger charge is 2.33. The monoisotopic (exact) mass is 422 g/mol. The van der Waals surface area contributed by atoms with E-state index in [1.807, 2.05) is 73.7 Å². The average Bonchev–Trinajstić information content (AvgIpc) is 3.30. The van der Waals surface area contributed by atoms with Crippen molar-refractivity contribution in [1.82, 2.24) is 4.90 Å². The third kappa shape index (κ3) is 4.47. The van der Waals surface area contributed by atoms with Gasteiger partial charge >= 0.3 is 0 Å². The molecule has 29 heavy (non-hydrogen) atoms. The number of hydrogen-bond acceptors (Lipinski definition) is 4. The van der Waals surface area contributed by atoms with E-state index in [9.17, 15) is 4.79 Å². The van der Waals surface area contributed by atoms with Crippen LogP contribution in [0.1, 0.15) is 19.1 Å².